The van der Waals surface area contributed by atoms with Crippen molar-refractivity contribution >= 4 is 5.97 Å². The Morgan fingerprint density at radius 2 is 1.77 bits per heavy atom. The molecule has 0 spiro atoms. The normalized spacial score (nSPS) is 13.4. The molecule has 0 amide bonds. The maximum absolute atomic E-state index is 11.4. The molecule has 0 aliphatic rings. The second-order valence-corrected chi connectivity index (χ2v) is 4.61. The van der Waals surface area contributed by atoms with Crippen LogP contribution in [0.1, 0.15) is 34.6 Å². The van der Waals surface area contributed by atoms with Crippen LogP contribution >= 0.6 is 0 Å². The SMILES string of the molecule is COC(=O)C(C=C(C)C)C(C)(C)C. The first-order valence-electron chi connectivity index (χ1n) is 4.52. The lowest BCUT2D eigenvalue weighted by atomic mass is 9.80. The minimum absolute atomic E-state index is 0.0790. The van der Waals surface area contributed by atoms with Crippen LogP contribution in [0.4, 0.5) is 0 Å². The molecule has 0 aliphatic heterocycles. The maximum atomic E-state index is 11.4. The van der Waals surface area contributed by atoms with Gasteiger partial charge in [-0.05, 0) is 19.3 Å². The summed E-state index contributed by atoms with van der Waals surface area (Å²) < 4.78 is 4.76. The van der Waals surface area contributed by atoms with Gasteiger partial charge in [0, 0.05) is 0 Å². The molecule has 0 fully saturated rings. The molecule has 0 aromatic heterocycles. The molecule has 13 heavy (non-hydrogen) atoms. The first-order valence-corrected chi connectivity index (χ1v) is 4.52. The standard InChI is InChI=1S/C11H20O2/c1-8(2)7-9(10(12)13-6)11(3,4)5/h7,9H,1-6H3. The minimum atomic E-state index is -0.159. The molecular weight excluding hydrogens is 164 g/mol. The summed E-state index contributed by atoms with van der Waals surface area (Å²) >= 11 is 0. The summed E-state index contributed by atoms with van der Waals surface area (Å²) in [6.07, 6.45) is 1.96. The van der Waals surface area contributed by atoms with E-state index in [2.05, 4.69) is 0 Å². The summed E-state index contributed by atoms with van der Waals surface area (Å²) in [5.41, 5.74) is 1.06. The van der Waals surface area contributed by atoms with E-state index in [0.29, 0.717) is 0 Å². The first kappa shape index (κ1) is 12.2. The van der Waals surface area contributed by atoms with Gasteiger partial charge in [0.25, 0.3) is 0 Å². The molecule has 0 N–H and O–H groups in total. The average molecular weight is 184 g/mol. The zero-order valence-corrected chi connectivity index (χ0v) is 9.47. The third kappa shape index (κ3) is 4.11. The Labute approximate surface area is 81.0 Å². The lowest BCUT2D eigenvalue weighted by Gasteiger charge is -2.26. The van der Waals surface area contributed by atoms with Gasteiger partial charge in [-0.2, -0.15) is 0 Å². The number of carbonyl (C=O) groups excluding carboxylic acids is 1. The largest absolute Gasteiger partial charge is 0.469 e. The molecule has 1 atom stereocenters. The highest BCUT2D eigenvalue weighted by molar-refractivity contribution is 5.75. The van der Waals surface area contributed by atoms with E-state index in [1.165, 1.54) is 7.11 Å². The predicted molar refractivity (Wildman–Crippen MR) is 54.4 cm³/mol. The van der Waals surface area contributed by atoms with Crippen LogP contribution in [0.15, 0.2) is 11.6 Å². The van der Waals surface area contributed by atoms with Crippen LogP contribution in [0, 0.1) is 11.3 Å². The van der Waals surface area contributed by atoms with Crippen molar-refractivity contribution in [1.29, 1.82) is 0 Å². The number of methoxy groups -OCH3 is 1. The van der Waals surface area contributed by atoms with Gasteiger partial charge in [-0.3, -0.25) is 4.79 Å². The second-order valence-electron chi connectivity index (χ2n) is 4.61. The smallest absolute Gasteiger partial charge is 0.313 e. The molecule has 2 nitrogen and oxygen atoms in total. The number of ether oxygens (including phenoxy) is 1. The third-order valence-corrected chi connectivity index (χ3v) is 1.89. The van der Waals surface area contributed by atoms with Gasteiger partial charge in [0.1, 0.15) is 0 Å². The number of esters is 1. The molecule has 2 heteroatoms. The van der Waals surface area contributed by atoms with Crippen molar-refractivity contribution < 1.29 is 9.53 Å². The molecule has 0 bridgehead atoms. The summed E-state index contributed by atoms with van der Waals surface area (Å²) in [5, 5.41) is 0. The van der Waals surface area contributed by atoms with Crippen LogP contribution in [0.5, 0.6) is 0 Å². The highest BCUT2D eigenvalue weighted by Crippen LogP contribution is 2.28. The third-order valence-electron chi connectivity index (χ3n) is 1.89. The summed E-state index contributed by atoms with van der Waals surface area (Å²) in [6.45, 7) is 10.1. The average Bonchev–Trinajstić information content (AvgIpc) is 1.96. The quantitative estimate of drug-likeness (QED) is 0.487. The lowest BCUT2D eigenvalue weighted by Crippen LogP contribution is -2.28. The lowest BCUT2D eigenvalue weighted by molar-refractivity contribution is -0.146. The van der Waals surface area contributed by atoms with Crippen LogP contribution < -0.4 is 0 Å². The molecule has 0 heterocycles. The van der Waals surface area contributed by atoms with Crippen molar-refractivity contribution in [2.75, 3.05) is 7.11 Å². The van der Waals surface area contributed by atoms with Gasteiger partial charge in [0.05, 0.1) is 13.0 Å². The van der Waals surface area contributed by atoms with Gasteiger partial charge in [0.2, 0.25) is 0 Å². The molecule has 0 rings (SSSR count). The van der Waals surface area contributed by atoms with Gasteiger partial charge in [-0.15, -0.1) is 0 Å². The molecule has 0 radical (unpaired) electrons. The fraction of sp³-hybridized carbons (Fsp3) is 0.727. The Hall–Kier alpha value is -0.790. The Bertz CT molecular complexity index is 205. The summed E-state index contributed by atoms with van der Waals surface area (Å²) in [4.78, 5) is 11.4. The van der Waals surface area contributed by atoms with Crippen molar-refractivity contribution in [2.45, 2.75) is 34.6 Å². The zero-order chi connectivity index (χ0) is 10.6. The van der Waals surface area contributed by atoms with Gasteiger partial charge < -0.3 is 4.74 Å². The summed E-state index contributed by atoms with van der Waals surface area (Å²) in [7, 11) is 1.43. The van der Waals surface area contributed by atoms with Crippen LogP contribution in [0.3, 0.4) is 0 Å². The zero-order valence-electron chi connectivity index (χ0n) is 9.47. The maximum Gasteiger partial charge on any atom is 0.313 e. The molecule has 0 aromatic rings. The molecule has 0 aromatic carbocycles. The van der Waals surface area contributed by atoms with Crippen molar-refractivity contribution in [3.63, 3.8) is 0 Å². The van der Waals surface area contributed by atoms with Crippen molar-refractivity contribution in [1.82, 2.24) is 0 Å². The molecule has 0 saturated carbocycles. The van der Waals surface area contributed by atoms with E-state index in [1.807, 2.05) is 40.7 Å². The summed E-state index contributed by atoms with van der Waals surface area (Å²) in [5.74, 6) is -0.309. The fourth-order valence-corrected chi connectivity index (χ4v) is 1.13. The summed E-state index contributed by atoms with van der Waals surface area (Å²) in [6, 6.07) is 0. The van der Waals surface area contributed by atoms with Crippen LogP contribution in [-0.2, 0) is 9.53 Å². The fourth-order valence-electron chi connectivity index (χ4n) is 1.13. The van der Waals surface area contributed by atoms with E-state index in [-0.39, 0.29) is 17.3 Å². The van der Waals surface area contributed by atoms with Crippen molar-refractivity contribution in [2.24, 2.45) is 11.3 Å². The number of hydrogen-bond acceptors (Lipinski definition) is 2. The van der Waals surface area contributed by atoms with Gasteiger partial charge in [0.15, 0.2) is 0 Å². The topological polar surface area (TPSA) is 26.3 Å². The van der Waals surface area contributed by atoms with Gasteiger partial charge in [-0.1, -0.05) is 32.4 Å². The number of rotatable bonds is 2. The van der Waals surface area contributed by atoms with Crippen LogP contribution in [0.25, 0.3) is 0 Å². The molecular formula is C11H20O2. The molecule has 76 valence electrons. The van der Waals surface area contributed by atoms with Gasteiger partial charge >= 0.3 is 5.97 Å². The van der Waals surface area contributed by atoms with E-state index >= 15 is 0 Å². The van der Waals surface area contributed by atoms with Gasteiger partial charge in [-0.25, -0.2) is 0 Å². The number of allylic oxidation sites excluding steroid dienone is 1. The van der Waals surface area contributed by atoms with E-state index in [0.717, 1.165) is 5.57 Å². The Morgan fingerprint density at radius 3 is 2.00 bits per heavy atom. The molecule has 1 unspecified atom stereocenters. The first-order chi connectivity index (χ1) is 5.79. The van der Waals surface area contributed by atoms with E-state index < -0.39 is 0 Å². The van der Waals surface area contributed by atoms with Crippen LogP contribution in [0.2, 0.25) is 0 Å². The Balaban J connectivity index is 4.78. The molecule has 0 saturated heterocycles. The number of carbonyl (C=O) groups is 1. The predicted octanol–water partition coefficient (Wildman–Crippen LogP) is 2.79. The minimum Gasteiger partial charge on any atom is -0.469 e. The molecule has 0 aliphatic carbocycles. The van der Waals surface area contributed by atoms with E-state index in [9.17, 15) is 4.79 Å². The van der Waals surface area contributed by atoms with Crippen molar-refractivity contribution in [3.05, 3.63) is 11.6 Å². The second kappa shape index (κ2) is 4.45. The van der Waals surface area contributed by atoms with Crippen molar-refractivity contribution in [3.8, 4) is 0 Å². The monoisotopic (exact) mass is 184 g/mol. The Morgan fingerprint density at radius 1 is 1.31 bits per heavy atom. The number of hydrogen-bond donors (Lipinski definition) is 0. The highest BCUT2D eigenvalue weighted by Gasteiger charge is 2.29. The van der Waals surface area contributed by atoms with E-state index in [1.54, 1.807) is 0 Å². The Kier molecular flexibility index (Phi) is 4.18. The van der Waals surface area contributed by atoms with E-state index in [4.69, 9.17) is 4.74 Å². The highest BCUT2D eigenvalue weighted by atomic mass is 16.5. The van der Waals surface area contributed by atoms with Crippen LogP contribution in [-0.4, -0.2) is 13.1 Å².